The minimum absolute atomic E-state index is 0.0462. The van der Waals surface area contributed by atoms with Crippen molar-refractivity contribution < 1.29 is 23.1 Å². The molecule has 32 heavy (non-hydrogen) atoms. The quantitative estimate of drug-likeness (QED) is 0.410. The average molecular weight is 514 g/mol. The normalized spacial score (nSPS) is 11.3. The Labute approximate surface area is 192 Å². The molecule has 0 saturated heterocycles. The molecule has 4 rings (SSSR count). The molecule has 0 aliphatic heterocycles. The maximum atomic E-state index is 13.4. The highest BCUT2D eigenvalue weighted by Gasteiger charge is 2.29. The fourth-order valence-electron chi connectivity index (χ4n) is 3.10. The highest BCUT2D eigenvalue weighted by atomic mass is 79.9. The second-order valence-corrected chi connectivity index (χ2v) is 9.47. The van der Waals surface area contributed by atoms with Gasteiger partial charge in [-0.15, -0.1) is 5.10 Å². The molecule has 4 aromatic rings. The molecule has 0 saturated carbocycles. The van der Waals surface area contributed by atoms with Gasteiger partial charge in [0.1, 0.15) is 11.4 Å². The number of benzene rings is 3. The van der Waals surface area contributed by atoms with Gasteiger partial charge in [-0.3, -0.25) is 0 Å². The summed E-state index contributed by atoms with van der Waals surface area (Å²) >= 11 is 3.38. The van der Waals surface area contributed by atoms with Crippen LogP contribution in [0.5, 0.6) is 5.75 Å². The number of aromatic nitrogens is 3. The maximum absolute atomic E-state index is 13.4. The van der Waals surface area contributed by atoms with E-state index in [1.807, 2.05) is 0 Å². The first-order valence-electron chi connectivity index (χ1n) is 9.26. The topological polar surface area (TPSA) is 111 Å². The zero-order valence-electron chi connectivity index (χ0n) is 16.6. The lowest BCUT2D eigenvalue weighted by Gasteiger charge is -2.10. The smallest absolute Gasteiger partial charge is 0.335 e. The van der Waals surface area contributed by atoms with E-state index in [1.54, 1.807) is 48.5 Å². The third-order valence-electron chi connectivity index (χ3n) is 4.74. The van der Waals surface area contributed by atoms with Gasteiger partial charge in [0.15, 0.2) is 0 Å². The minimum Gasteiger partial charge on any atom is -0.497 e. The summed E-state index contributed by atoms with van der Waals surface area (Å²) < 4.78 is 34.2. The Bertz CT molecular complexity index is 1380. The van der Waals surface area contributed by atoms with Crippen LogP contribution in [-0.2, 0) is 9.84 Å². The summed E-state index contributed by atoms with van der Waals surface area (Å²) in [6.07, 6.45) is 0. The van der Waals surface area contributed by atoms with Crippen LogP contribution in [-0.4, -0.2) is 41.6 Å². The van der Waals surface area contributed by atoms with Crippen molar-refractivity contribution in [2.75, 3.05) is 7.11 Å². The predicted molar refractivity (Wildman–Crippen MR) is 120 cm³/mol. The van der Waals surface area contributed by atoms with Gasteiger partial charge in [0.2, 0.25) is 14.9 Å². The van der Waals surface area contributed by atoms with Crippen LogP contribution >= 0.6 is 15.9 Å². The van der Waals surface area contributed by atoms with Crippen molar-refractivity contribution in [3.63, 3.8) is 0 Å². The van der Waals surface area contributed by atoms with Gasteiger partial charge in [0.05, 0.1) is 23.3 Å². The molecule has 0 amide bonds. The Hall–Kier alpha value is -3.50. The summed E-state index contributed by atoms with van der Waals surface area (Å²) in [5.41, 5.74) is 1.41. The van der Waals surface area contributed by atoms with Gasteiger partial charge in [-0.1, -0.05) is 33.3 Å². The molecule has 0 spiro atoms. The highest BCUT2D eigenvalue weighted by Crippen LogP contribution is 2.33. The second kappa shape index (κ2) is 8.56. The van der Waals surface area contributed by atoms with E-state index in [4.69, 9.17) is 9.84 Å². The minimum atomic E-state index is -4.02. The number of carbonyl (C=O) groups is 1. The Morgan fingerprint density at radius 3 is 2.16 bits per heavy atom. The molecule has 0 aliphatic rings. The fraction of sp³-hybridized carbons (Fsp3) is 0.0455. The van der Waals surface area contributed by atoms with Crippen molar-refractivity contribution >= 4 is 31.7 Å². The molecule has 10 heteroatoms. The first-order valence-corrected chi connectivity index (χ1v) is 11.5. The summed E-state index contributed by atoms with van der Waals surface area (Å²) in [5.74, 6) is -0.537. The SMILES string of the molecule is COc1ccc(S(=O)(=O)c2nnn(-c3ccc(C(=O)O)cc3)c2-c2ccc(Br)cc2)cc1. The third kappa shape index (κ3) is 4.02. The Balaban J connectivity index is 1.91. The van der Waals surface area contributed by atoms with E-state index in [2.05, 4.69) is 26.2 Å². The Morgan fingerprint density at radius 1 is 0.969 bits per heavy atom. The lowest BCUT2D eigenvalue weighted by atomic mass is 10.1. The number of aromatic carboxylic acids is 1. The molecule has 8 nitrogen and oxygen atoms in total. The molecular weight excluding hydrogens is 498 g/mol. The van der Waals surface area contributed by atoms with Gasteiger partial charge in [0.25, 0.3) is 0 Å². The number of carboxylic acids is 1. The summed E-state index contributed by atoms with van der Waals surface area (Å²) in [7, 11) is -2.52. The van der Waals surface area contributed by atoms with Gasteiger partial charge >= 0.3 is 5.97 Å². The lowest BCUT2D eigenvalue weighted by molar-refractivity contribution is 0.0697. The molecule has 1 heterocycles. The first kappa shape index (κ1) is 21.7. The zero-order chi connectivity index (χ0) is 22.9. The number of halogens is 1. The molecular formula is C22H16BrN3O5S. The number of rotatable bonds is 6. The van der Waals surface area contributed by atoms with E-state index in [-0.39, 0.29) is 21.2 Å². The first-order chi connectivity index (χ1) is 15.3. The van der Waals surface area contributed by atoms with E-state index in [1.165, 1.54) is 36.1 Å². The lowest BCUT2D eigenvalue weighted by Crippen LogP contribution is -2.06. The van der Waals surface area contributed by atoms with E-state index in [0.717, 1.165) is 4.47 Å². The van der Waals surface area contributed by atoms with Crippen LogP contribution in [0.2, 0.25) is 0 Å². The van der Waals surface area contributed by atoms with Gasteiger partial charge in [-0.05, 0) is 60.7 Å². The molecule has 0 aliphatic carbocycles. The number of sulfone groups is 1. The molecule has 0 bridgehead atoms. The van der Waals surface area contributed by atoms with Gasteiger partial charge in [-0.25, -0.2) is 17.9 Å². The van der Waals surface area contributed by atoms with E-state index in [0.29, 0.717) is 17.0 Å². The van der Waals surface area contributed by atoms with Crippen molar-refractivity contribution in [2.24, 2.45) is 0 Å². The van der Waals surface area contributed by atoms with Crippen molar-refractivity contribution in [2.45, 2.75) is 9.92 Å². The maximum Gasteiger partial charge on any atom is 0.335 e. The van der Waals surface area contributed by atoms with Crippen molar-refractivity contribution in [3.05, 3.63) is 82.8 Å². The summed E-state index contributed by atoms with van der Waals surface area (Å²) in [6.45, 7) is 0. The molecule has 0 unspecified atom stereocenters. The van der Waals surface area contributed by atoms with Crippen molar-refractivity contribution in [1.82, 2.24) is 15.0 Å². The predicted octanol–water partition coefficient (Wildman–Crippen LogP) is 4.24. The van der Waals surface area contributed by atoms with Gasteiger partial charge in [0, 0.05) is 10.0 Å². The summed E-state index contributed by atoms with van der Waals surface area (Å²) in [4.78, 5) is 11.2. The standard InChI is InChI=1S/C22H16BrN3O5S/c1-31-18-10-12-19(13-11-18)32(29,30)21-20(14-2-6-16(23)7-3-14)26(25-24-21)17-8-4-15(5-9-17)22(27)28/h2-13H,1H3,(H,27,28). The summed E-state index contributed by atoms with van der Waals surface area (Å²) in [5, 5.41) is 17.0. The van der Waals surface area contributed by atoms with Crippen LogP contribution < -0.4 is 4.74 Å². The fourth-order valence-corrected chi connectivity index (χ4v) is 4.68. The van der Waals surface area contributed by atoms with Crippen molar-refractivity contribution in [1.29, 1.82) is 0 Å². The molecule has 0 radical (unpaired) electrons. The highest BCUT2D eigenvalue weighted by molar-refractivity contribution is 9.10. The van der Waals surface area contributed by atoms with Gasteiger partial charge in [-0.2, -0.15) is 0 Å². The van der Waals surface area contributed by atoms with Crippen LogP contribution in [0.15, 0.2) is 87.2 Å². The molecule has 0 fully saturated rings. The van der Waals surface area contributed by atoms with E-state index in [9.17, 15) is 13.2 Å². The van der Waals surface area contributed by atoms with Crippen LogP contribution in [0.3, 0.4) is 0 Å². The summed E-state index contributed by atoms with van der Waals surface area (Å²) in [6, 6.07) is 19.0. The van der Waals surface area contributed by atoms with Crippen LogP contribution in [0.4, 0.5) is 0 Å². The van der Waals surface area contributed by atoms with E-state index < -0.39 is 15.8 Å². The zero-order valence-corrected chi connectivity index (χ0v) is 19.0. The number of carboxylic acid groups (broad SMARTS) is 1. The molecule has 0 atom stereocenters. The van der Waals surface area contributed by atoms with E-state index >= 15 is 0 Å². The molecule has 3 aromatic carbocycles. The molecule has 1 N–H and O–H groups in total. The monoisotopic (exact) mass is 513 g/mol. The number of ether oxygens (including phenoxy) is 1. The van der Waals surface area contributed by atoms with Gasteiger partial charge < -0.3 is 9.84 Å². The van der Waals surface area contributed by atoms with Crippen LogP contribution in [0.1, 0.15) is 10.4 Å². The Kier molecular flexibility index (Phi) is 5.81. The number of hydrogen-bond donors (Lipinski definition) is 1. The van der Waals surface area contributed by atoms with Crippen LogP contribution in [0.25, 0.3) is 16.9 Å². The van der Waals surface area contributed by atoms with Crippen LogP contribution in [0, 0.1) is 0 Å². The number of nitrogens with zero attached hydrogens (tertiary/aromatic N) is 3. The van der Waals surface area contributed by atoms with Crippen molar-refractivity contribution in [3.8, 4) is 22.7 Å². The molecule has 1 aromatic heterocycles. The third-order valence-corrected chi connectivity index (χ3v) is 6.95. The number of hydrogen-bond acceptors (Lipinski definition) is 6. The average Bonchev–Trinajstić information content (AvgIpc) is 3.26. The molecule has 162 valence electrons. The second-order valence-electron chi connectivity index (χ2n) is 6.69. The number of methoxy groups -OCH3 is 1. The Morgan fingerprint density at radius 2 is 1.59 bits per heavy atom. The largest absolute Gasteiger partial charge is 0.497 e.